The van der Waals surface area contributed by atoms with Crippen LogP contribution in [0.25, 0.3) is 0 Å². The van der Waals surface area contributed by atoms with Crippen molar-refractivity contribution in [3.63, 3.8) is 0 Å². The average molecular weight is 208 g/mol. The lowest BCUT2D eigenvalue weighted by molar-refractivity contribution is 0.329. The highest BCUT2D eigenvalue weighted by Crippen LogP contribution is 2.30. The Bertz CT molecular complexity index is 318. The number of hydrogen-bond donors (Lipinski definition) is 1. The van der Waals surface area contributed by atoms with E-state index in [0.717, 1.165) is 49.7 Å². The molecule has 1 aromatic heterocycles. The van der Waals surface area contributed by atoms with Crippen LogP contribution in [0, 0.1) is 0 Å². The molecule has 0 fully saturated rings. The van der Waals surface area contributed by atoms with Gasteiger partial charge in [-0.2, -0.15) is 0 Å². The predicted molar refractivity (Wildman–Crippen MR) is 59.8 cm³/mol. The Kier molecular flexibility index (Phi) is 2.83. The monoisotopic (exact) mass is 208 g/mol. The van der Waals surface area contributed by atoms with Crippen molar-refractivity contribution in [1.29, 1.82) is 0 Å². The van der Waals surface area contributed by atoms with Crippen molar-refractivity contribution in [2.45, 2.75) is 52.0 Å². The van der Waals surface area contributed by atoms with Crippen LogP contribution < -0.4 is 5.32 Å². The molecule has 1 aliphatic heterocycles. The van der Waals surface area contributed by atoms with Gasteiger partial charge in [-0.15, -0.1) is 0 Å². The number of aromatic nitrogens is 1. The third-order valence-corrected chi connectivity index (χ3v) is 3.06. The van der Waals surface area contributed by atoms with Gasteiger partial charge in [0.25, 0.3) is 0 Å². The number of rotatable bonds is 3. The van der Waals surface area contributed by atoms with Gasteiger partial charge in [0.2, 0.25) is 0 Å². The second-order valence-electron chi connectivity index (χ2n) is 4.95. The average Bonchev–Trinajstić information content (AvgIpc) is 2.61. The number of oxazole rings is 1. The van der Waals surface area contributed by atoms with Crippen molar-refractivity contribution in [1.82, 2.24) is 10.3 Å². The Hall–Kier alpha value is -0.830. The number of nitrogens with one attached hydrogen (secondary N) is 1. The summed E-state index contributed by atoms with van der Waals surface area (Å²) in [6.07, 6.45) is 3.29. The van der Waals surface area contributed by atoms with Crippen LogP contribution in [0.4, 0.5) is 0 Å². The van der Waals surface area contributed by atoms with Gasteiger partial charge in [0, 0.05) is 18.4 Å². The van der Waals surface area contributed by atoms with E-state index in [-0.39, 0.29) is 5.41 Å². The molecular formula is C12H20N2O. The molecule has 0 saturated carbocycles. The van der Waals surface area contributed by atoms with Crippen LogP contribution in [0.2, 0.25) is 0 Å². The highest BCUT2D eigenvalue weighted by Gasteiger charge is 2.28. The summed E-state index contributed by atoms with van der Waals surface area (Å²) in [4.78, 5) is 4.63. The van der Waals surface area contributed by atoms with Crippen molar-refractivity contribution < 1.29 is 4.42 Å². The van der Waals surface area contributed by atoms with Gasteiger partial charge in [-0.1, -0.05) is 27.2 Å². The van der Waals surface area contributed by atoms with Crippen molar-refractivity contribution >= 4 is 0 Å². The maximum Gasteiger partial charge on any atom is 0.200 e. The van der Waals surface area contributed by atoms with Crippen LogP contribution in [0.3, 0.4) is 0 Å². The Labute approximate surface area is 91.3 Å². The fourth-order valence-electron chi connectivity index (χ4n) is 2.15. The molecule has 3 nitrogen and oxygen atoms in total. The number of hydrogen-bond acceptors (Lipinski definition) is 3. The molecule has 84 valence electrons. The van der Waals surface area contributed by atoms with Gasteiger partial charge in [0.05, 0.1) is 12.2 Å². The Morgan fingerprint density at radius 2 is 2.27 bits per heavy atom. The maximum atomic E-state index is 5.85. The van der Waals surface area contributed by atoms with E-state index in [4.69, 9.17) is 4.42 Å². The topological polar surface area (TPSA) is 38.1 Å². The lowest BCUT2D eigenvalue weighted by atomic mass is 9.88. The number of fused-ring (bicyclic) bond motifs is 1. The van der Waals surface area contributed by atoms with Crippen LogP contribution in [0.5, 0.6) is 0 Å². The predicted octanol–water partition coefficient (Wildman–Crippen LogP) is 2.40. The zero-order chi connectivity index (χ0) is 10.9. The zero-order valence-electron chi connectivity index (χ0n) is 9.89. The first-order chi connectivity index (χ1) is 7.13. The van der Waals surface area contributed by atoms with Crippen molar-refractivity contribution in [3.05, 3.63) is 17.3 Å². The summed E-state index contributed by atoms with van der Waals surface area (Å²) >= 11 is 0. The lowest BCUT2D eigenvalue weighted by Gasteiger charge is -2.19. The van der Waals surface area contributed by atoms with Crippen LogP contribution in [-0.2, 0) is 18.4 Å². The van der Waals surface area contributed by atoms with E-state index >= 15 is 0 Å². The molecule has 0 unspecified atom stereocenters. The van der Waals surface area contributed by atoms with Crippen LogP contribution in [0.1, 0.15) is 51.0 Å². The van der Waals surface area contributed by atoms with Crippen molar-refractivity contribution in [2.24, 2.45) is 0 Å². The largest absolute Gasteiger partial charge is 0.443 e. The summed E-state index contributed by atoms with van der Waals surface area (Å²) in [7, 11) is 0. The second-order valence-corrected chi connectivity index (χ2v) is 4.95. The molecule has 1 aliphatic rings. The van der Waals surface area contributed by atoms with Crippen LogP contribution >= 0.6 is 0 Å². The van der Waals surface area contributed by atoms with E-state index in [2.05, 4.69) is 31.1 Å². The first-order valence-corrected chi connectivity index (χ1v) is 5.83. The van der Waals surface area contributed by atoms with Gasteiger partial charge in [0.15, 0.2) is 5.89 Å². The van der Waals surface area contributed by atoms with Gasteiger partial charge in [-0.05, 0) is 6.42 Å². The molecule has 0 aromatic carbocycles. The van der Waals surface area contributed by atoms with Crippen LogP contribution in [-0.4, -0.2) is 11.5 Å². The molecular weight excluding hydrogens is 188 g/mol. The highest BCUT2D eigenvalue weighted by molar-refractivity contribution is 5.16. The third kappa shape index (κ3) is 2.07. The SMILES string of the molecule is CCCC(C)(C)c1nc2c(o1)CNCC2. The first kappa shape index (κ1) is 10.7. The van der Waals surface area contributed by atoms with Gasteiger partial charge in [-0.3, -0.25) is 0 Å². The van der Waals surface area contributed by atoms with Gasteiger partial charge in [-0.25, -0.2) is 4.98 Å². The molecule has 2 heterocycles. The molecule has 0 spiro atoms. The molecule has 0 bridgehead atoms. The molecule has 0 amide bonds. The third-order valence-electron chi connectivity index (χ3n) is 3.06. The minimum Gasteiger partial charge on any atom is -0.443 e. The van der Waals surface area contributed by atoms with Gasteiger partial charge < -0.3 is 9.73 Å². The van der Waals surface area contributed by atoms with Crippen LogP contribution in [0.15, 0.2) is 4.42 Å². The molecule has 0 aliphatic carbocycles. The maximum absolute atomic E-state index is 5.85. The Morgan fingerprint density at radius 3 is 2.93 bits per heavy atom. The quantitative estimate of drug-likeness (QED) is 0.829. The second kappa shape index (κ2) is 3.97. The fourth-order valence-corrected chi connectivity index (χ4v) is 2.15. The zero-order valence-corrected chi connectivity index (χ0v) is 9.89. The van der Waals surface area contributed by atoms with Gasteiger partial charge >= 0.3 is 0 Å². The Balaban J connectivity index is 2.25. The minimum atomic E-state index is 0.0755. The molecule has 1 aromatic rings. The van der Waals surface area contributed by atoms with E-state index in [1.807, 2.05) is 0 Å². The lowest BCUT2D eigenvalue weighted by Crippen LogP contribution is -2.22. The van der Waals surface area contributed by atoms with Gasteiger partial charge in [0.1, 0.15) is 5.76 Å². The highest BCUT2D eigenvalue weighted by atomic mass is 16.4. The summed E-state index contributed by atoms with van der Waals surface area (Å²) < 4.78 is 5.85. The normalized spacial score (nSPS) is 16.5. The van der Waals surface area contributed by atoms with E-state index in [1.165, 1.54) is 0 Å². The summed E-state index contributed by atoms with van der Waals surface area (Å²) in [6.45, 7) is 8.48. The summed E-state index contributed by atoms with van der Waals surface area (Å²) in [5.41, 5.74) is 1.24. The molecule has 0 atom stereocenters. The van der Waals surface area contributed by atoms with Crippen molar-refractivity contribution in [2.75, 3.05) is 6.54 Å². The molecule has 15 heavy (non-hydrogen) atoms. The van der Waals surface area contributed by atoms with E-state index in [1.54, 1.807) is 0 Å². The standard InChI is InChI=1S/C12H20N2O/c1-4-6-12(2,3)11-14-9-5-7-13-8-10(9)15-11/h13H,4-8H2,1-3H3. The molecule has 2 rings (SSSR count). The smallest absolute Gasteiger partial charge is 0.200 e. The van der Waals surface area contributed by atoms with E-state index in [0.29, 0.717) is 0 Å². The summed E-state index contributed by atoms with van der Waals surface area (Å²) in [6, 6.07) is 0. The molecule has 1 N–H and O–H groups in total. The van der Waals surface area contributed by atoms with Crippen molar-refractivity contribution in [3.8, 4) is 0 Å². The van der Waals surface area contributed by atoms with E-state index in [9.17, 15) is 0 Å². The first-order valence-electron chi connectivity index (χ1n) is 5.83. The molecule has 3 heteroatoms. The molecule has 0 saturated heterocycles. The summed E-state index contributed by atoms with van der Waals surface area (Å²) in [5, 5.41) is 3.30. The summed E-state index contributed by atoms with van der Waals surface area (Å²) in [5.74, 6) is 1.96. The number of nitrogens with zero attached hydrogens (tertiary/aromatic N) is 1. The van der Waals surface area contributed by atoms with E-state index < -0.39 is 0 Å². The Morgan fingerprint density at radius 1 is 1.47 bits per heavy atom. The molecule has 0 radical (unpaired) electrons. The minimum absolute atomic E-state index is 0.0755. The fraction of sp³-hybridized carbons (Fsp3) is 0.750.